The van der Waals surface area contributed by atoms with Crippen LogP contribution in [-0.2, 0) is 4.74 Å². The summed E-state index contributed by atoms with van der Waals surface area (Å²) in [6.45, 7) is 9.19. The Morgan fingerprint density at radius 2 is 1.66 bits per heavy atom. The Morgan fingerprint density at radius 1 is 1.03 bits per heavy atom. The molecule has 0 spiro atoms. The summed E-state index contributed by atoms with van der Waals surface area (Å²) in [5.41, 5.74) is 4.98. The number of ether oxygens (including phenoxy) is 1. The van der Waals surface area contributed by atoms with Crippen molar-refractivity contribution in [3.05, 3.63) is 70.9 Å². The lowest BCUT2D eigenvalue weighted by atomic mass is 9.90. The molecule has 1 amide bonds. The van der Waals surface area contributed by atoms with Gasteiger partial charge in [0.2, 0.25) is 0 Å². The first-order chi connectivity index (χ1) is 15.2. The topological polar surface area (TPSA) is 47.4 Å². The number of likely N-dealkylation sites (tertiary alicyclic amines) is 1. The Morgan fingerprint density at radius 3 is 2.25 bits per heavy atom. The molecule has 0 saturated carbocycles. The standard InChI is InChI=1S/C26H30ClN3O2/c1-18-23(19-14-16-29(17-15-19)25(31)32-26(2,3)4)28-30(22-8-6-5-7-9-22)24(18)20-10-12-21(27)13-11-20/h5-13,19H,14-17H2,1-4H3. The van der Waals surface area contributed by atoms with E-state index < -0.39 is 5.60 Å². The molecular formula is C26H30ClN3O2. The summed E-state index contributed by atoms with van der Waals surface area (Å²) in [7, 11) is 0. The zero-order chi connectivity index (χ0) is 22.9. The van der Waals surface area contributed by atoms with Crippen molar-refractivity contribution in [3.63, 3.8) is 0 Å². The molecule has 1 fully saturated rings. The molecule has 168 valence electrons. The van der Waals surface area contributed by atoms with E-state index in [9.17, 15) is 4.79 Å². The monoisotopic (exact) mass is 451 g/mol. The van der Waals surface area contributed by atoms with Crippen molar-refractivity contribution in [1.82, 2.24) is 14.7 Å². The number of para-hydroxylation sites is 1. The van der Waals surface area contributed by atoms with Gasteiger partial charge in [-0.1, -0.05) is 41.9 Å². The van der Waals surface area contributed by atoms with Gasteiger partial charge in [-0.05, 0) is 70.4 Å². The molecule has 0 aliphatic carbocycles. The number of rotatable bonds is 3. The van der Waals surface area contributed by atoms with Crippen molar-refractivity contribution >= 4 is 17.7 Å². The van der Waals surface area contributed by atoms with Crippen molar-refractivity contribution < 1.29 is 9.53 Å². The van der Waals surface area contributed by atoms with E-state index in [1.165, 1.54) is 5.56 Å². The molecule has 6 heteroatoms. The van der Waals surface area contributed by atoms with Crippen molar-refractivity contribution in [2.24, 2.45) is 0 Å². The van der Waals surface area contributed by atoms with Gasteiger partial charge in [0.1, 0.15) is 5.60 Å². The third-order valence-electron chi connectivity index (χ3n) is 5.81. The maximum atomic E-state index is 12.5. The van der Waals surface area contributed by atoms with Crippen LogP contribution in [0, 0.1) is 6.92 Å². The molecule has 5 nitrogen and oxygen atoms in total. The molecule has 4 rings (SSSR count). The Balaban J connectivity index is 1.63. The van der Waals surface area contributed by atoms with E-state index >= 15 is 0 Å². The van der Waals surface area contributed by atoms with Crippen LogP contribution >= 0.6 is 11.6 Å². The second kappa shape index (κ2) is 8.99. The van der Waals surface area contributed by atoms with Crippen LogP contribution in [0.5, 0.6) is 0 Å². The molecule has 0 atom stereocenters. The number of benzene rings is 2. The van der Waals surface area contributed by atoms with Gasteiger partial charge in [0, 0.05) is 29.6 Å². The van der Waals surface area contributed by atoms with Crippen molar-refractivity contribution in [2.45, 2.75) is 52.1 Å². The highest BCUT2D eigenvalue weighted by molar-refractivity contribution is 6.30. The maximum Gasteiger partial charge on any atom is 0.410 e. The summed E-state index contributed by atoms with van der Waals surface area (Å²) in [4.78, 5) is 14.3. The molecule has 1 aliphatic rings. The van der Waals surface area contributed by atoms with Crippen LogP contribution in [0.25, 0.3) is 16.9 Å². The zero-order valence-electron chi connectivity index (χ0n) is 19.1. The number of piperidine rings is 1. The lowest BCUT2D eigenvalue weighted by Gasteiger charge is -2.33. The molecule has 0 unspecified atom stereocenters. The quantitative estimate of drug-likeness (QED) is 0.449. The minimum absolute atomic E-state index is 0.232. The second-order valence-electron chi connectivity index (χ2n) is 9.35. The first kappa shape index (κ1) is 22.4. The van der Waals surface area contributed by atoms with Crippen LogP contribution in [0.1, 0.15) is 50.8 Å². The lowest BCUT2D eigenvalue weighted by Crippen LogP contribution is -2.41. The van der Waals surface area contributed by atoms with Gasteiger partial charge in [0.15, 0.2) is 0 Å². The van der Waals surface area contributed by atoms with Crippen LogP contribution in [-0.4, -0.2) is 39.5 Å². The van der Waals surface area contributed by atoms with Gasteiger partial charge in [-0.3, -0.25) is 0 Å². The Bertz CT molecular complexity index is 1080. The van der Waals surface area contributed by atoms with Crippen LogP contribution < -0.4 is 0 Å². The van der Waals surface area contributed by atoms with Crippen molar-refractivity contribution in [1.29, 1.82) is 0 Å². The molecular weight excluding hydrogens is 422 g/mol. The summed E-state index contributed by atoms with van der Waals surface area (Å²) in [6, 6.07) is 18.1. The van der Waals surface area contributed by atoms with Gasteiger partial charge in [-0.2, -0.15) is 5.10 Å². The normalized spacial score (nSPS) is 15.1. The molecule has 0 bridgehead atoms. The van der Waals surface area contributed by atoms with Crippen LogP contribution in [0.3, 0.4) is 0 Å². The van der Waals surface area contributed by atoms with Crippen LogP contribution in [0.15, 0.2) is 54.6 Å². The number of halogens is 1. The van der Waals surface area contributed by atoms with Gasteiger partial charge < -0.3 is 9.64 Å². The van der Waals surface area contributed by atoms with Gasteiger partial charge in [0.25, 0.3) is 0 Å². The van der Waals surface area contributed by atoms with Gasteiger partial charge in [-0.25, -0.2) is 9.48 Å². The van der Waals surface area contributed by atoms with Crippen LogP contribution in [0.4, 0.5) is 4.79 Å². The fraction of sp³-hybridized carbons (Fsp3) is 0.385. The average Bonchev–Trinajstić information content (AvgIpc) is 3.11. The summed E-state index contributed by atoms with van der Waals surface area (Å²) < 4.78 is 7.58. The molecule has 32 heavy (non-hydrogen) atoms. The predicted molar refractivity (Wildman–Crippen MR) is 129 cm³/mol. The summed E-state index contributed by atoms with van der Waals surface area (Å²) >= 11 is 6.14. The van der Waals surface area contributed by atoms with Crippen LogP contribution in [0.2, 0.25) is 5.02 Å². The molecule has 1 aromatic heterocycles. The fourth-order valence-corrected chi connectivity index (χ4v) is 4.39. The highest BCUT2D eigenvalue weighted by atomic mass is 35.5. The minimum atomic E-state index is -0.480. The highest BCUT2D eigenvalue weighted by Crippen LogP contribution is 2.36. The molecule has 1 saturated heterocycles. The minimum Gasteiger partial charge on any atom is -0.444 e. The van der Waals surface area contributed by atoms with Gasteiger partial charge in [-0.15, -0.1) is 0 Å². The molecule has 0 radical (unpaired) electrons. The molecule has 2 heterocycles. The first-order valence-electron chi connectivity index (χ1n) is 11.1. The first-order valence-corrected chi connectivity index (χ1v) is 11.5. The van der Waals surface area contributed by atoms with E-state index in [1.807, 2.05) is 72.8 Å². The van der Waals surface area contributed by atoms with E-state index in [4.69, 9.17) is 21.4 Å². The Kier molecular flexibility index (Phi) is 6.29. The van der Waals surface area contributed by atoms with Gasteiger partial charge in [0.05, 0.1) is 17.1 Å². The number of hydrogen-bond donors (Lipinski definition) is 0. The van der Waals surface area contributed by atoms with Crippen molar-refractivity contribution in [3.8, 4) is 16.9 Å². The zero-order valence-corrected chi connectivity index (χ0v) is 19.9. The Hall–Kier alpha value is -2.79. The van der Waals surface area contributed by atoms with E-state index in [0.717, 1.165) is 35.5 Å². The number of amides is 1. The largest absolute Gasteiger partial charge is 0.444 e. The molecule has 2 aromatic carbocycles. The number of nitrogens with zero attached hydrogens (tertiary/aromatic N) is 3. The highest BCUT2D eigenvalue weighted by Gasteiger charge is 2.30. The van der Waals surface area contributed by atoms with Gasteiger partial charge >= 0.3 is 6.09 Å². The average molecular weight is 452 g/mol. The number of hydrogen-bond acceptors (Lipinski definition) is 3. The maximum absolute atomic E-state index is 12.5. The SMILES string of the molecule is Cc1c(C2CCN(C(=O)OC(C)(C)C)CC2)nn(-c2ccccc2)c1-c1ccc(Cl)cc1. The predicted octanol–water partition coefficient (Wildman–Crippen LogP) is 6.62. The molecule has 3 aromatic rings. The Labute approximate surface area is 194 Å². The van der Waals surface area contributed by atoms with E-state index in [0.29, 0.717) is 24.0 Å². The molecule has 0 N–H and O–H groups in total. The van der Waals surface area contributed by atoms with E-state index in [2.05, 4.69) is 19.1 Å². The van der Waals surface area contributed by atoms with Crippen molar-refractivity contribution in [2.75, 3.05) is 13.1 Å². The molecule has 1 aliphatic heterocycles. The third kappa shape index (κ3) is 4.83. The third-order valence-corrected chi connectivity index (χ3v) is 6.06. The number of aromatic nitrogens is 2. The number of carbonyl (C=O) groups excluding carboxylic acids is 1. The smallest absolute Gasteiger partial charge is 0.410 e. The van der Waals surface area contributed by atoms with E-state index in [-0.39, 0.29) is 6.09 Å². The summed E-state index contributed by atoms with van der Waals surface area (Å²) in [5, 5.41) is 5.80. The lowest BCUT2D eigenvalue weighted by molar-refractivity contribution is 0.0204. The summed E-state index contributed by atoms with van der Waals surface area (Å²) in [5.74, 6) is 0.296. The van der Waals surface area contributed by atoms with E-state index in [1.54, 1.807) is 0 Å². The second-order valence-corrected chi connectivity index (χ2v) is 9.79. The summed E-state index contributed by atoms with van der Waals surface area (Å²) in [6.07, 6.45) is 1.50. The number of carbonyl (C=O) groups is 1. The fourth-order valence-electron chi connectivity index (χ4n) is 4.27.